The summed E-state index contributed by atoms with van der Waals surface area (Å²) < 4.78 is 5.34. The van der Waals surface area contributed by atoms with E-state index in [4.69, 9.17) is 4.74 Å². The van der Waals surface area contributed by atoms with E-state index in [0.717, 1.165) is 44.1 Å². The molecule has 1 saturated heterocycles. The number of rotatable bonds is 3. The van der Waals surface area contributed by atoms with Gasteiger partial charge in [0.25, 0.3) is 0 Å². The topological polar surface area (TPSA) is 41.6 Å². The van der Waals surface area contributed by atoms with Crippen molar-refractivity contribution >= 4 is 5.91 Å². The Bertz CT molecular complexity index is 360. The molecule has 4 saturated carbocycles. The molecule has 120 valence electrons. The molecule has 5 heteroatoms. The van der Waals surface area contributed by atoms with Gasteiger partial charge in [0, 0.05) is 18.6 Å². The zero-order valence-electron chi connectivity index (χ0n) is 12.7. The molecule has 5 fully saturated rings. The average molecular weight is 314 g/mol. The Kier molecular flexibility index (Phi) is 4.49. The first kappa shape index (κ1) is 15.6. The number of carbonyl (C=O) groups is 1. The highest BCUT2D eigenvalue weighted by Gasteiger charge is 2.51. The van der Waals surface area contributed by atoms with Gasteiger partial charge in [-0.15, -0.1) is 0 Å². The molecular formula is C16H26ClN2O2-. The third-order valence-electron chi connectivity index (χ3n) is 5.91. The number of hydrogen-bond acceptors (Lipinski definition) is 3. The summed E-state index contributed by atoms with van der Waals surface area (Å²) in [5.41, 5.74) is 0.165. The van der Waals surface area contributed by atoms with E-state index in [9.17, 15) is 4.79 Å². The number of morpholine rings is 1. The van der Waals surface area contributed by atoms with Crippen LogP contribution in [0.4, 0.5) is 0 Å². The van der Waals surface area contributed by atoms with E-state index in [2.05, 4.69) is 10.2 Å². The number of ether oxygens (including phenoxy) is 1. The lowest BCUT2D eigenvalue weighted by atomic mass is 9.53. The fraction of sp³-hybridized carbons (Fsp3) is 0.938. The maximum absolute atomic E-state index is 12.4. The Morgan fingerprint density at radius 2 is 1.57 bits per heavy atom. The minimum Gasteiger partial charge on any atom is -1.00 e. The first-order valence-corrected chi connectivity index (χ1v) is 8.32. The Balaban J connectivity index is 0.00000132. The van der Waals surface area contributed by atoms with Crippen LogP contribution in [-0.2, 0) is 9.53 Å². The van der Waals surface area contributed by atoms with Crippen LogP contribution in [-0.4, -0.2) is 49.2 Å². The summed E-state index contributed by atoms with van der Waals surface area (Å²) in [5, 5.41) is 3.45. The van der Waals surface area contributed by atoms with E-state index in [-0.39, 0.29) is 23.9 Å². The van der Waals surface area contributed by atoms with Crippen molar-refractivity contribution in [1.29, 1.82) is 0 Å². The molecule has 0 spiro atoms. The SMILES string of the molecule is O=C(CN1CCOCC1)NC12CC3CC(CC(C3)C1)C2.[Cl-]. The van der Waals surface area contributed by atoms with E-state index in [1.165, 1.54) is 38.5 Å². The molecule has 5 aliphatic rings. The van der Waals surface area contributed by atoms with Crippen molar-refractivity contribution in [3.8, 4) is 0 Å². The highest BCUT2D eigenvalue weighted by atomic mass is 35.5. The third kappa shape index (κ3) is 3.22. The monoisotopic (exact) mass is 313 g/mol. The number of carbonyl (C=O) groups excluding carboxylic acids is 1. The molecule has 5 rings (SSSR count). The summed E-state index contributed by atoms with van der Waals surface area (Å²) in [6.45, 7) is 3.89. The Morgan fingerprint density at radius 3 is 2.10 bits per heavy atom. The van der Waals surface area contributed by atoms with Gasteiger partial charge in [-0.05, 0) is 56.3 Å². The minimum atomic E-state index is 0. The molecule has 1 heterocycles. The first-order chi connectivity index (χ1) is 9.71. The van der Waals surface area contributed by atoms with Crippen molar-refractivity contribution in [2.45, 2.75) is 44.1 Å². The second-order valence-electron chi connectivity index (χ2n) is 7.63. The van der Waals surface area contributed by atoms with Crippen molar-refractivity contribution in [3.63, 3.8) is 0 Å². The van der Waals surface area contributed by atoms with Gasteiger partial charge in [0.1, 0.15) is 0 Å². The van der Waals surface area contributed by atoms with E-state index in [0.29, 0.717) is 6.54 Å². The van der Waals surface area contributed by atoms with Crippen molar-refractivity contribution in [2.75, 3.05) is 32.8 Å². The Hall–Kier alpha value is -0.320. The van der Waals surface area contributed by atoms with Crippen LogP contribution < -0.4 is 17.7 Å². The summed E-state index contributed by atoms with van der Waals surface area (Å²) in [6.07, 6.45) is 8.02. The second kappa shape index (κ2) is 6.05. The molecule has 4 aliphatic carbocycles. The highest BCUT2D eigenvalue weighted by Crippen LogP contribution is 2.55. The number of nitrogens with one attached hydrogen (secondary N) is 1. The Morgan fingerprint density at radius 1 is 1.05 bits per heavy atom. The number of nitrogens with zero attached hydrogens (tertiary/aromatic N) is 1. The summed E-state index contributed by atoms with van der Waals surface area (Å²) in [7, 11) is 0. The molecule has 1 amide bonds. The van der Waals surface area contributed by atoms with Gasteiger partial charge < -0.3 is 22.5 Å². The van der Waals surface area contributed by atoms with E-state index < -0.39 is 0 Å². The molecule has 4 nitrogen and oxygen atoms in total. The van der Waals surface area contributed by atoms with Gasteiger partial charge in [0.15, 0.2) is 0 Å². The molecule has 4 bridgehead atoms. The molecule has 1 aliphatic heterocycles. The minimum absolute atomic E-state index is 0. The number of amides is 1. The molecule has 0 atom stereocenters. The van der Waals surface area contributed by atoms with Crippen LogP contribution in [0.1, 0.15) is 38.5 Å². The lowest BCUT2D eigenvalue weighted by Crippen LogP contribution is -3.00. The zero-order chi connectivity index (χ0) is 13.6. The van der Waals surface area contributed by atoms with Gasteiger partial charge in [-0.3, -0.25) is 9.69 Å². The summed E-state index contributed by atoms with van der Waals surface area (Å²) >= 11 is 0. The number of hydrogen-bond donors (Lipinski definition) is 1. The van der Waals surface area contributed by atoms with Gasteiger partial charge >= 0.3 is 0 Å². The van der Waals surface area contributed by atoms with Crippen molar-refractivity contribution in [3.05, 3.63) is 0 Å². The normalized spacial score (nSPS) is 41.6. The van der Waals surface area contributed by atoms with Gasteiger partial charge in [0.2, 0.25) is 5.91 Å². The van der Waals surface area contributed by atoms with Crippen LogP contribution in [0.2, 0.25) is 0 Å². The summed E-state index contributed by atoms with van der Waals surface area (Å²) in [5.74, 6) is 2.92. The maximum atomic E-state index is 12.4. The van der Waals surface area contributed by atoms with Crippen molar-refractivity contribution in [1.82, 2.24) is 10.2 Å². The van der Waals surface area contributed by atoms with Crippen LogP contribution in [0.25, 0.3) is 0 Å². The van der Waals surface area contributed by atoms with E-state index in [1.54, 1.807) is 0 Å². The predicted molar refractivity (Wildman–Crippen MR) is 76.3 cm³/mol. The van der Waals surface area contributed by atoms with Gasteiger partial charge in [0.05, 0.1) is 19.8 Å². The maximum Gasteiger partial charge on any atom is 0.234 e. The standard InChI is InChI=1S/C16H26N2O2.ClH/c19-15(11-18-1-3-20-4-2-18)17-16-8-12-5-13(9-16)7-14(6-12)10-16;/h12-14H,1-11H2,(H,17,19);1H/p-1. The fourth-order valence-corrected chi connectivity index (χ4v) is 5.56. The second-order valence-corrected chi connectivity index (χ2v) is 7.63. The van der Waals surface area contributed by atoms with Crippen LogP contribution >= 0.6 is 0 Å². The largest absolute Gasteiger partial charge is 1.00 e. The smallest absolute Gasteiger partial charge is 0.234 e. The van der Waals surface area contributed by atoms with Crippen LogP contribution in [0, 0.1) is 17.8 Å². The highest BCUT2D eigenvalue weighted by molar-refractivity contribution is 5.79. The molecule has 0 aromatic heterocycles. The summed E-state index contributed by atoms with van der Waals surface area (Å²) in [4.78, 5) is 14.6. The quantitative estimate of drug-likeness (QED) is 0.683. The van der Waals surface area contributed by atoms with Crippen LogP contribution in [0.15, 0.2) is 0 Å². The van der Waals surface area contributed by atoms with Gasteiger partial charge in [-0.2, -0.15) is 0 Å². The summed E-state index contributed by atoms with van der Waals surface area (Å²) in [6, 6.07) is 0. The van der Waals surface area contributed by atoms with Crippen molar-refractivity contribution < 1.29 is 21.9 Å². The molecule has 0 radical (unpaired) electrons. The lowest BCUT2D eigenvalue weighted by molar-refractivity contribution is -0.129. The molecule has 0 unspecified atom stereocenters. The molecular weight excluding hydrogens is 288 g/mol. The third-order valence-corrected chi connectivity index (χ3v) is 5.91. The molecule has 1 N–H and O–H groups in total. The fourth-order valence-electron chi connectivity index (χ4n) is 5.56. The molecule has 0 aromatic carbocycles. The molecule has 21 heavy (non-hydrogen) atoms. The zero-order valence-corrected chi connectivity index (χ0v) is 13.4. The van der Waals surface area contributed by atoms with Gasteiger partial charge in [-0.25, -0.2) is 0 Å². The average Bonchev–Trinajstić information content (AvgIpc) is 2.37. The molecule has 0 aromatic rings. The first-order valence-electron chi connectivity index (χ1n) is 8.32. The van der Waals surface area contributed by atoms with E-state index in [1.807, 2.05) is 0 Å². The predicted octanol–water partition coefficient (Wildman–Crippen LogP) is -1.59. The van der Waals surface area contributed by atoms with E-state index >= 15 is 0 Å². The lowest BCUT2D eigenvalue weighted by Gasteiger charge is -2.57. The van der Waals surface area contributed by atoms with Crippen molar-refractivity contribution in [2.24, 2.45) is 17.8 Å². The van der Waals surface area contributed by atoms with Gasteiger partial charge in [-0.1, -0.05) is 0 Å². The Labute approximate surface area is 133 Å². The van der Waals surface area contributed by atoms with Crippen LogP contribution in [0.5, 0.6) is 0 Å². The van der Waals surface area contributed by atoms with Crippen LogP contribution in [0.3, 0.4) is 0 Å². The number of halogens is 1.